The van der Waals surface area contributed by atoms with E-state index in [1.165, 1.54) is 11.8 Å². The van der Waals surface area contributed by atoms with Gasteiger partial charge in [-0.15, -0.1) is 0 Å². The van der Waals surface area contributed by atoms with Gasteiger partial charge in [0.15, 0.2) is 5.16 Å². The van der Waals surface area contributed by atoms with Crippen LogP contribution in [0.5, 0.6) is 0 Å². The molecule has 1 amide bonds. The largest absolute Gasteiger partial charge is 0.466 e. The minimum Gasteiger partial charge on any atom is -0.466 e. The lowest BCUT2D eigenvalue weighted by atomic mass is 9.98. The summed E-state index contributed by atoms with van der Waals surface area (Å²) in [7, 11) is 0. The molecule has 3 rings (SSSR count). The first-order valence-electron chi connectivity index (χ1n) is 8.18. The van der Waals surface area contributed by atoms with E-state index in [1.807, 2.05) is 28.8 Å². The van der Waals surface area contributed by atoms with Gasteiger partial charge in [0.2, 0.25) is 5.91 Å². The molecule has 3 heterocycles. The maximum Gasteiger partial charge on any atom is 0.310 e. The van der Waals surface area contributed by atoms with Crippen molar-refractivity contribution in [3.05, 3.63) is 30.6 Å². The number of ether oxygens (including phenoxy) is 1. The molecular weight excluding hydrogens is 326 g/mol. The Labute approximate surface area is 145 Å². The molecule has 0 aliphatic carbocycles. The zero-order valence-electron chi connectivity index (χ0n) is 13.7. The summed E-state index contributed by atoms with van der Waals surface area (Å²) in [6.07, 6.45) is 5.37. The smallest absolute Gasteiger partial charge is 0.310 e. The van der Waals surface area contributed by atoms with Gasteiger partial charge in [0.05, 0.1) is 30.0 Å². The molecule has 0 aromatic carbocycles. The predicted octanol–water partition coefficient (Wildman–Crippen LogP) is 2.23. The molecule has 2 aromatic rings. The van der Waals surface area contributed by atoms with Gasteiger partial charge in [-0.1, -0.05) is 17.8 Å². The first-order valence-corrected chi connectivity index (χ1v) is 9.17. The van der Waals surface area contributed by atoms with Crippen molar-refractivity contribution in [3.8, 4) is 0 Å². The van der Waals surface area contributed by atoms with Crippen molar-refractivity contribution in [1.82, 2.24) is 14.3 Å². The summed E-state index contributed by atoms with van der Waals surface area (Å²) in [6.45, 7) is 3.35. The molecule has 7 heteroatoms. The van der Waals surface area contributed by atoms with Crippen molar-refractivity contribution in [3.63, 3.8) is 0 Å². The molecule has 1 aliphatic heterocycles. The number of nitrogens with zero attached hydrogens (tertiary/aromatic N) is 3. The molecule has 24 heavy (non-hydrogen) atoms. The van der Waals surface area contributed by atoms with Crippen LogP contribution in [-0.4, -0.2) is 51.6 Å². The fourth-order valence-electron chi connectivity index (χ4n) is 2.90. The molecule has 0 N–H and O–H groups in total. The number of piperidine rings is 1. The summed E-state index contributed by atoms with van der Waals surface area (Å²) in [5, 5.41) is 0.804. The molecule has 6 nitrogen and oxygen atoms in total. The van der Waals surface area contributed by atoms with Crippen LogP contribution < -0.4 is 0 Å². The van der Waals surface area contributed by atoms with Crippen molar-refractivity contribution in [1.29, 1.82) is 0 Å². The SMILES string of the molecule is CCOC(=O)C1CCCN(C(=O)CSc2ncc3ccccn23)C1. The molecule has 0 spiro atoms. The van der Waals surface area contributed by atoms with Gasteiger partial charge in [-0.3, -0.25) is 14.0 Å². The third-order valence-corrected chi connectivity index (χ3v) is 5.08. The van der Waals surface area contributed by atoms with E-state index in [1.54, 1.807) is 18.0 Å². The summed E-state index contributed by atoms with van der Waals surface area (Å²) < 4.78 is 7.05. The first kappa shape index (κ1) is 16.8. The van der Waals surface area contributed by atoms with Crippen molar-refractivity contribution in [2.24, 2.45) is 5.92 Å². The molecule has 1 saturated heterocycles. The van der Waals surface area contributed by atoms with E-state index in [0.717, 1.165) is 23.5 Å². The Balaban J connectivity index is 1.57. The Kier molecular flexibility index (Phi) is 5.40. The van der Waals surface area contributed by atoms with Crippen LogP contribution in [0, 0.1) is 5.92 Å². The third-order valence-electron chi connectivity index (χ3n) is 4.12. The number of carbonyl (C=O) groups is 2. The van der Waals surface area contributed by atoms with Gasteiger partial charge in [0, 0.05) is 19.3 Å². The fourth-order valence-corrected chi connectivity index (χ4v) is 3.77. The lowest BCUT2D eigenvalue weighted by molar-refractivity contribution is -0.151. The van der Waals surface area contributed by atoms with Crippen molar-refractivity contribution >= 4 is 29.2 Å². The number of aromatic nitrogens is 2. The van der Waals surface area contributed by atoms with E-state index in [2.05, 4.69) is 4.98 Å². The highest BCUT2D eigenvalue weighted by Crippen LogP contribution is 2.22. The van der Waals surface area contributed by atoms with Crippen LogP contribution in [-0.2, 0) is 14.3 Å². The summed E-state index contributed by atoms with van der Waals surface area (Å²) >= 11 is 1.42. The van der Waals surface area contributed by atoms with Crippen molar-refractivity contribution < 1.29 is 14.3 Å². The molecule has 0 saturated carbocycles. The summed E-state index contributed by atoms with van der Waals surface area (Å²) in [5.41, 5.74) is 1.01. The third kappa shape index (κ3) is 3.72. The number of hydrogen-bond donors (Lipinski definition) is 0. The molecule has 0 bridgehead atoms. The minimum atomic E-state index is -0.195. The van der Waals surface area contributed by atoms with E-state index in [0.29, 0.717) is 25.4 Å². The van der Waals surface area contributed by atoms with Crippen LogP contribution >= 0.6 is 11.8 Å². The standard InChI is InChI=1S/C17H21N3O3S/c1-2-23-16(22)13-6-5-8-19(11-13)15(21)12-24-17-18-10-14-7-3-4-9-20(14)17/h3-4,7,9-10,13H,2,5-6,8,11-12H2,1H3. The molecule has 1 aliphatic rings. The Morgan fingerprint density at radius 3 is 3.12 bits per heavy atom. The fraction of sp³-hybridized carbons (Fsp3) is 0.471. The van der Waals surface area contributed by atoms with Gasteiger partial charge in [0.1, 0.15) is 0 Å². The average Bonchev–Trinajstić information content (AvgIpc) is 3.03. The molecule has 0 radical (unpaired) electrons. The second kappa shape index (κ2) is 7.70. The molecule has 1 atom stereocenters. The van der Waals surface area contributed by atoms with Crippen LogP contribution in [0.15, 0.2) is 35.7 Å². The number of pyridine rings is 1. The Morgan fingerprint density at radius 1 is 1.42 bits per heavy atom. The summed E-state index contributed by atoms with van der Waals surface area (Å²) in [6, 6.07) is 5.88. The van der Waals surface area contributed by atoms with Crippen molar-refractivity contribution in [2.75, 3.05) is 25.4 Å². The van der Waals surface area contributed by atoms with Gasteiger partial charge in [-0.25, -0.2) is 4.98 Å². The highest BCUT2D eigenvalue weighted by atomic mass is 32.2. The first-order chi connectivity index (χ1) is 11.7. The van der Waals surface area contributed by atoms with Crippen LogP contribution in [0.1, 0.15) is 19.8 Å². The second-order valence-corrected chi connectivity index (χ2v) is 6.70. The lowest BCUT2D eigenvalue weighted by Gasteiger charge is -2.31. The van der Waals surface area contributed by atoms with Crippen LogP contribution in [0.4, 0.5) is 0 Å². The van der Waals surface area contributed by atoms with Gasteiger partial charge in [0.25, 0.3) is 0 Å². The maximum atomic E-state index is 12.5. The Hall–Kier alpha value is -2.02. The van der Waals surface area contributed by atoms with Crippen LogP contribution in [0.25, 0.3) is 5.52 Å². The topological polar surface area (TPSA) is 63.9 Å². The molecule has 128 valence electrons. The van der Waals surface area contributed by atoms with Gasteiger partial charge < -0.3 is 9.64 Å². The van der Waals surface area contributed by atoms with E-state index in [9.17, 15) is 9.59 Å². The maximum absolute atomic E-state index is 12.5. The number of carbonyl (C=O) groups excluding carboxylic acids is 2. The summed E-state index contributed by atoms with van der Waals surface area (Å²) in [5.74, 6) is -0.0210. The predicted molar refractivity (Wildman–Crippen MR) is 91.9 cm³/mol. The highest BCUT2D eigenvalue weighted by molar-refractivity contribution is 7.99. The number of imidazole rings is 1. The van der Waals surface area contributed by atoms with Gasteiger partial charge in [-0.2, -0.15) is 0 Å². The van der Waals surface area contributed by atoms with Crippen LogP contribution in [0.2, 0.25) is 0 Å². The molecule has 1 unspecified atom stereocenters. The van der Waals surface area contributed by atoms with Gasteiger partial charge in [-0.05, 0) is 31.9 Å². The molecular formula is C17H21N3O3S. The zero-order valence-corrected chi connectivity index (χ0v) is 14.5. The van der Waals surface area contributed by atoms with E-state index < -0.39 is 0 Å². The van der Waals surface area contributed by atoms with Crippen molar-refractivity contribution in [2.45, 2.75) is 24.9 Å². The monoisotopic (exact) mass is 347 g/mol. The minimum absolute atomic E-state index is 0.0432. The van der Waals surface area contributed by atoms with E-state index >= 15 is 0 Å². The number of likely N-dealkylation sites (tertiary alicyclic amines) is 1. The molecule has 1 fully saturated rings. The van der Waals surface area contributed by atoms with E-state index in [-0.39, 0.29) is 17.8 Å². The Bertz CT molecular complexity index is 731. The lowest BCUT2D eigenvalue weighted by Crippen LogP contribution is -2.43. The molecule has 2 aromatic heterocycles. The zero-order chi connectivity index (χ0) is 16.9. The number of amides is 1. The van der Waals surface area contributed by atoms with E-state index in [4.69, 9.17) is 4.74 Å². The number of esters is 1. The second-order valence-electron chi connectivity index (χ2n) is 5.76. The number of rotatable bonds is 5. The number of thioether (sulfide) groups is 1. The highest BCUT2D eigenvalue weighted by Gasteiger charge is 2.29. The quantitative estimate of drug-likeness (QED) is 0.613. The summed E-state index contributed by atoms with van der Waals surface area (Å²) in [4.78, 5) is 30.5. The van der Waals surface area contributed by atoms with Crippen LogP contribution in [0.3, 0.4) is 0 Å². The number of fused-ring (bicyclic) bond motifs is 1. The number of hydrogen-bond acceptors (Lipinski definition) is 5. The van der Waals surface area contributed by atoms with Gasteiger partial charge >= 0.3 is 5.97 Å². The normalized spacial score (nSPS) is 17.9. The Morgan fingerprint density at radius 2 is 2.29 bits per heavy atom. The average molecular weight is 347 g/mol.